The van der Waals surface area contributed by atoms with Gasteiger partial charge in [-0.3, -0.25) is 29.4 Å². The van der Waals surface area contributed by atoms with Crippen LogP contribution in [0.2, 0.25) is 0 Å². The van der Waals surface area contributed by atoms with Crippen molar-refractivity contribution < 1.29 is 29.4 Å². The lowest BCUT2D eigenvalue weighted by Gasteiger charge is -2.22. The summed E-state index contributed by atoms with van der Waals surface area (Å²) in [4.78, 5) is 67.3. The summed E-state index contributed by atoms with van der Waals surface area (Å²) in [5.41, 5.74) is 3.63. The molecule has 4 aromatic carbocycles. The Kier molecular flexibility index (Phi) is 21.4. The molecule has 12 nitrogen and oxygen atoms in total. The third-order valence-electron chi connectivity index (χ3n) is 10.6. The van der Waals surface area contributed by atoms with E-state index in [0.29, 0.717) is 33.6 Å². The maximum atomic E-state index is 13.6. The number of benzene rings is 4. The monoisotopic (exact) mass is 859 g/mol. The fourth-order valence-corrected chi connectivity index (χ4v) is 7.18. The number of rotatable bonds is 28. The molecule has 0 saturated heterocycles. The van der Waals surface area contributed by atoms with E-state index in [1.54, 1.807) is 72.8 Å². The van der Waals surface area contributed by atoms with Crippen molar-refractivity contribution in [3.8, 4) is 0 Å². The van der Waals surface area contributed by atoms with Gasteiger partial charge in [-0.25, -0.2) is 9.59 Å². The van der Waals surface area contributed by atoms with E-state index in [1.807, 2.05) is 36.4 Å². The molecule has 0 aliphatic rings. The molecule has 0 heterocycles. The first-order valence-electron chi connectivity index (χ1n) is 22.5. The number of nitrogens with one attached hydrogen (secondary N) is 2. The molecule has 0 aliphatic heterocycles. The summed E-state index contributed by atoms with van der Waals surface area (Å²) in [7, 11) is 0. The topological polar surface area (TPSA) is 164 Å². The van der Waals surface area contributed by atoms with Gasteiger partial charge in [0, 0.05) is 28.7 Å². The second kappa shape index (κ2) is 27.2. The van der Waals surface area contributed by atoms with Crippen molar-refractivity contribution in [2.75, 3.05) is 49.9 Å². The van der Waals surface area contributed by atoms with Crippen LogP contribution in [0.1, 0.15) is 108 Å². The number of carbonyl (C=O) groups excluding carboxylic acids is 2. The SMILES string of the molecule is CCCCN(CCCC)CC(=O)Nc1ccccc1C(=N[C@@H](C[C@H](N=C(c1ccccc1)c1ccccc1NC(=O)CN(CCCC)CCCC)C(=O)O)C(=O)O)c1ccccc1. The molecule has 63 heavy (non-hydrogen) atoms. The number of nitrogens with zero attached hydrogens (tertiary/aromatic N) is 4. The van der Waals surface area contributed by atoms with Crippen LogP contribution in [0, 0.1) is 0 Å². The quantitative estimate of drug-likeness (QED) is 0.0411. The van der Waals surface area contributed by atoms with Crippen molar-refractivity contribution in [2.45, 2.75) is 97.6 Å². The maximum Gasteiger partial charge on any atom is 0.328 e. The Hall–Kier alpha value is -5.98. The van der Waals surface area contributed by atoms with Gasteiger partial charge in [-0.2, -0.15) is 0 Å². The molecule has 4 rings (SSSR count). The number of hydrogen-bond donors (Lipinski definition) is 4. The number of aliphatic imine (C=N–C) groups is 2. The molecule has 0 unspecified atom stereocenters. The summed E-state index contributed by atoms with van der Waals surface area (Å²) >= 11 is 0. The molecule has 0 spiro atoms. The van der Waals surface area contributed by atoms with Crippen molar-refractivity contribution in [1.82, 2.24) is 9.80 Å². The largest absolute Gasteiger partial charge is 0.480 e. The number of amides is 2. The Balaban J connectivity index is 1.75. The van der Waals surface area contributed by atoms with E-state index in [9.17, 15) is 29.4 Å². The lowest BCUT2D eigenvalue weighted by molar-refractivity contribution is -0.140. The van der Waals surface area contributed by atoms with E-state index >= 15 is 0 Å². The van der Waals surface area contributed by atoms with Crippen LogP contribution >= 0.6 is 0 Å². The van der Waals surface area contributed by atoms with Crippen LogP contribution in [0.15, 0.2) is 119 Å². The fraction of sp³-hybridized carbons (Fsp3) is 0.412. The molecule has 0 radical (unpaired) electrons. The number of hydrogen-bond acceptors (Lipinski definition) is 8. The van der Waals surface area contributed by atoms with Crippen molar-refractivity contribution in [2.24, 2.45) is 9.98 Å². The first-order chi connectivity index (χ1) is 30.6. The minimum Gasteiger partial charge on any atom is -0.480 e. The summed E-state index contributed by atoms with van der Waals surface area (Å²) in [6, 6.07) is 29.2. The number of aliphatic carboxylic acids is 2. The van der Waals surface area contributed by atoms with E-state index in [2.05, 4.69) is 48.1 Å². The van der Waals surface area contributed by atoms with Gasteiger partial charge in [0.05, 0.1) is 35.9 Å². The third-order valence-corrected chi connectivity index (χ3v) is 10.6. The first kappa shape index (κ1) is 49.7. The summed E-state index contributed by atoms with van der Waals surface area (Å²) in [6.45, 7) is 12.1. The maximum absolute atomic E-state index is 13.6. The Labute approximate surface area is 373 Å². The number of carboxylic acids is 2. The molecule has 4 N–H and O–H groups in total. The number of carboxylic acid groups (broad SMARTS) is 2. The Morgan fingerprint density at radius 1 is 0.492 bits per heavy atom. The van der Waals surface area contributed by atoms with E-state index in [1.165, 1.54) is 0 Å². The number of para-hydroxylation sites is 2. The minimum absolute atomic E-state index is 0.202. The molecule has 4 aromatic rings. The molecule has 2 atom stereocenters. The van der Waals surface area contributed by atoms with Gasteiger partial charge >= 0.3 is 11.9 Å². The first-order valence-corrected chi connectivity index (χ1v) is 22.5. The van der Waals surface area contributed by atoms with E-state index in [4.69, 9.17) is 9.98 Å². The standard InChI is InChI=1S/C51H66N6O6/c1-5-9-31-56(32-10-6-2)36-46(58)52-42-29-21-19-27-40(42)48(38-23-15-13-16-24-38)54-44(50(60)61)35-45(51(62)63)55-49(39-25-17-14-18-26-39)41-28-20-22-30-43(41)53-47(59)37-57(33-11-7-3)34-12-8-4/h13-30,44-45H,5-12,31-37H2,1-4H3,(H,52,58)(H,53,59)(H,60,61)(H,62,63)/t44-,45-/m0/s1. The normalized spacial score (nSPS) is 12.9. The van der Waals surface area contributed by atoms with Gasteiger partial charge in [-0.05, 0) is 64.0 Å². The molecule has 0 bridgehead atoms. The second-order valence-corrected chi connectivity index (χ2v) is 15.8. The summed E-state index contributed by atoms with van der Waals surface area (Å²) < 4.78 is 0. The van der Waals surface area contributed by atoms with E-state index in [0.717, 1.165) is 77.5 Å². The Bertz CT molecular complexity index is 1940. The predicted octanol–water partition coefficient (Wildman–Crippen LogP) is 9.04. The van der Waals surface area contributed by atoms with Crippen LogP contribution in [0.5, 0.6) is 0 Å². The van der Waals surface area contributed by atoms with Gasteiger partial charge in [0.25, 0.3) is 0 Å². The van der Waals surface area contributed by atoms with E-state index in [-0.39, 0.29) is 36.3 Å². The van der Waals surface area contributed by atoms with Gasteiger partial charge in [0.1, 0.15) is 0 Å². The smallest absolute Gasteiger partial charge is 0.328 e. The lowest BCUT2D eigenvalue weighted by atomic mass is 9.98. The van der Waals surface area contributed by atoms with Crippen LogP contribution in [0.4, 0.5) is 11.4 Å². The second-order valence-electron chi connectivity index (χ2n) is 15.8. The van der Waals surface area contributed by atoms with Crippen LogP contribution in [0.3, 0.4) is 0 Å². The van der Waals surface area contributed by atoms with Gasteiger partial charge in [0.15, 0.2) is 12.1 Å². The third kappa shape index (κ3) is 16.3. The minimum atomic E-state index is -1.56. The zero-order chi connectivity index (χ0) is 45.4. The number of anilines is 2. The van der Waals surface area contributed by atoms with Crippen LogP contribution in [-0.4, -0.2) is 107 Å². The van der Waals surface area contributed by atoms with Crippen LogP contribution < -0.4 is 10.6 Å². The molecule has 0 aliphatic carbocycles. The average molecular weight is 859 g/mol. The highest BCUT2D eigenvalue weighted by Gasteiger charge is 2.29. The van der Waals surface area contributed by atoms with Gasteiger partial charge in [-0.1, -0.05) is 150 Å². The highest BCUT2D eigenvalue weighted by atomic mass is 16.4. The van der Waals surface area contributed by atoms with Crippen LogP contribution in [-0.2, 0) is 19.2 Å². The summed E-state index contributed by atoms with van der Waals surface area (Å²) in [5.74, 6) is -3.07. The van der Waals surface area contributed by atoms with Gasteiger partial charge < -0.3 is 20.8 Å². The van der Waals surface area contributed by atoms with Crippen molar-refractivity contribution >= 4 is 46.6 Å². The number of unbranched alkanes of at least 4 members (excludes halogenated alkanes) is 4. The molecule has 12 heteroatoms. The van der Waals surface area contributed by atoms with Crippen LogP contribution in [0.25, 0.3) is 0 Å². The molecule has 336 valence electrons. The summed E-state index contributed by atoms with van der Waals surface area (Å²) in [6.07, 6.45) is 7.46. The molecular weight excluding hydrogens is 793 g/mol. The van der Waals surface area contributed by atoms with Gasteiger partial charge in [-0.15, -0.1) is 0 Å². The highest BCUT2D eigenvalue weighted by molar-refractivity contribution is 6.18. The van der Waals surface area contributed by atoms with Crippen molar-refractivity contribution in [3.63, 3.8) is 0 Å². The Morgan fingerprint density at radius 3 is 1.13 bits per heavy atom. The summed E-state index contributed by atoms with van der Waals surface area (Å²) in [5, 5.41) is 27.6. The lowest BCUT2D eigenvalue weighted by Crippen LogP contribution is -2.35. The highest BCUT2D eigenvalue weighted by Crippen LogP contribution is 2.25. The predicted molar refractivity (Wildman–Crippen MR) is 254 cm³/mol. The number of carbonyl (C=O) groups is 4. The molecule has 2 amide bonds. The Morgan fingerprint density at radius 2 is 0.810 bits per heavy atom. The molecule has 0 saturated carbocycles. The molecular formula is C51H66N6O6. The van der Waals surface area contributed by atoms with Gasteiger partial charge in [0.2, 0.25) is 11.8 Å². The fourth-order valence-electron chi connectivity index (χ4n) is 7.18. The van der Waals surface area contributed by atoms with E-state index < -0.39 is 30.4 Å². The average Bonchev–Trinajstić information content (AvgIpc) is 3.29. The van der Waals surface area contributed by atoms with Crippen molar-refractivity contribution in [3.05, 3.63) is 131 Å². The molecule has 0 fully saturated rings. The zero-order valence-corrected chi connectivity index (χ0v) is 37.5. The zero-order valence-electron chi connectivity index (χ0n) is 37.5. The molecule has 0 aromatic heterocycles. The van der Waals surface area contributed by atoms with Crippen molar-refractivity contribution in [1.29, 1.82) is 0 Å².